The maximum Gasteiger partial charge on any atom is 0.123 e. The van der Waals surface area contributed by atoms with Gasteiger partial charge in [-0.15, -0.1) is 0 Å². The molecule has 88 valence electrons. The first kappa shape index (κ1) is 11.8. The summed E-state index contributed by atoms with van der Waals surface area (Å²) in [6, 6.07) is 4.00. The molecule has 3 heteroatoms. The van der Waals surface area contributed by atoms with Gasteiger partial charge in [-0.1, -0.05) is 22.4 Å². The number of halogens is 1. The van der Waals surface area contributed by atoms with Crippen LogP contribution in [-0.2, 0) is 6.42 Å². The van der Waals surface area contributed by atoms with Crippen molar-refractivity contribution in [1.29, 1.82) is 0 Å². The number of fused-ring (bicyclic) bond motifs is 1. The largest absolute Gasteiger partial charge is 0.496 e. The van der Waals surface area contributed by atoms with E-state index >= 15 is 0 Å². The Balaban J connectivity index is 2.56. The highest BCUT2D eigenvalue weighted by atomic mass is 79.9. The van der Waals surface area contributed by atoms with Crippen molar-refractivity contribution in [3.05, 3.63) is 23.3 Å². The molecule has 1 unspecified atom stereocenters. The molecule has 0 bridgehead atoms. The minimum atomic E-state index is 0.384. The van der Waals surface area contributed by atoms with Crippen molar-refractivity contribution in [2.75, 3.05) is 14.2 Å². The predicted octanol–water partition coefficient (Wildman–Crippen LogP) is 3.87. The molecule has 0 spiro atoms. The minimum absolute atomic E-state index is 0.384. The van der Waals surface area contributed by atoms with Crippen LogP contribution in [-0.4, -0.2) is 14.2 Å². The maximum atomic E-state index is 5.45. The zero-order valence-corrected chi connectivity index (χ0v) is 11.3. The average molecular weight is 285 g/mol. The normalized spacial score (nSPS) is 19.8. The van der Waals surface area contributed by atoms with Gasteiger partial charge in [-0.05, 0) is 31.4 Å². The Kier molecular flexibility index (Phi) is 3.74. The lowest BCUT2D eigenvalue weighted by Crippen LogP contribution is -2.01. The van der Waals surface area contributed by atoms with Gasteiger partial charge in [0.25, 0.3) is 0 Å². The first-order valence-corrected chi connectivity index (χ1v) is 6.57. The zero-order valence-electron chi connectivity index (χ0n) is 9.75. The van der Waals surface area contributed by atoms with E-state index in [1.807, 2.05) is 12.1 Å². The lowest BCUT2D eigenvalue weighted by molar-refractivity contribution is 0.395. The number of hydrogen-bond donors (Lipinski definition) is 0. The molecule has 0 N–H and O–H groups in total. The molecule has 0 saturated carbocycles. The molecule has 0 fully saturated rings. The molecule has 0 radical (unpaired) electrons. The summed E-state index contributed by atoms with van der Waals surface area (Å²) >= 11 is 3.76. The van der Waals surface area contributed by atoms with Gasteiger partial charge in [0.05, 0.1) is 14.2 Å². The quantitative estimate of drug-likeness (QED) is 0.606. The fourth-order valence-electron chi connectivity index (χ4n) is 2.36. The second-order valence-electron chi connectivity index (χ2n) is 4.08. The Bertz CT molecular complexity index is 376. The average Bonchev–Trinajstić information content (AvgIpc) is 2.51. The van der Waals surface area contributed by atoms with E-state index in [2.05, 4.69) is 15.9 Å². The predicted molar refractivity (Wildman–Crippen MR) is 68.8 cm³/mol. The second kappa shape index (κ2) is 5.09. The van der Waals surface area contributed by atoms with E-state index < -0.39 is 0 Å². The molecular formula is C13H17BrO2. The molecule has 2 nitrogen and oxygen atoms in total. The first-order valence-electron chi connectivity index (χ1n) is 5.65. The highest BCUT2D eigenvalue weighted by molar-refractivity contribution is 9.09. The smallest absolute Gasteiger partial charge is 0.123 e. The van der Waals surface area contributed by atoms with E-state index in [0.717, 1.165) is 24.3 Å². The van der Waals surface area contributed by atoms with Gasteiger partial charge in [0.1, 0.15) is 11.5 Å². The molecule has 1 aliphatic carbocycles. The number of alkyl halides is 1. The molecule has 1 aromatic carbocycles. The molecular weight excluding hydrogens is 268 g/mol. The van der Waals surface area contributed by atoms with E-state index in [9.17, 15) is 0 Å². The Hall–Kier alpha value is -0.700. The van der Waals surface area contributed by atoms with E-state index in [-0.39, 0.29) is 0 Å². The third-order valence-corrected chi connectivity index (χ3v) is 4.08. The first-order chi connectivity index (χ1) is 7.77. The number of methoxy groups -OCH3 is 2. The highest BCUT2D eigenvalue weighted by Crippen LogP contribution is 2.43. The Labute approximate surface area is 105 Å². The van der Waals surface area contributed by atoms with Gasteiger partial charge in [-0.25, -0.2) is 0 Å². The van der Waals surface area contributed by atoms with Crippen LogP contribution in [0.3, 0.4) is 0 Å². The van der Waals surface area contributed by atoms with Gasteiger partial charge in [0, 0.05) is 16.0 Å². The van der Waals surface area contributed by atoms with Crippen molar-refractivity contribution in [1.82, 2.24) is 0 Å². The van der Waals surface area contributed by atoms with Gasteiger partial charge < -0.3 is 9.47 Å². The maximum absolute atomic E-state index is 5.45. The van der Waals surface area contributed by atoms with Crippen molar-refractivity contribution in [2.45, 2.75) is 30.5 Å². The SMILES string of the molecule is COc1ccc(OC)c2c1CCCCC2Br. The van der Waals surface area contributed by atoms with Crippen LogP contribution in [0.1, 0.15) is 35.2 Å². The summed E-state index contributed by atoms with van der Waals surface area (Å²) in [7, 11) is 3.46. The third-order valence-electron chi connectivity index (χ3n) is 3.16. The summed E-state index contributed by atoms with van der Waals surface area (Å²) in [5, 5.41) is 0. The lowest BCUT2D eigenvalue weighted by Gasteiger charge is -2.18. The van der Waals surface area contributed by atoms with Crippen LogP contribution >= 0.6 is 15.9 Å². The Morgan fingerprint density at radius 1 is 1.12 bits per heavy atom. The van der Waals surface area contributed by atoms with Crippen LogP contribution in [0.5, 0.6) is 11.5 Å². The minimum Gasteiger partial charge on any atom is -0.496 e. The molecule has 0 heterocycles. The van der Waals surface area contributed by atoms with E-state index in [0.29, 0.717) is 4.83 Å². The lowest BCUT2D eigenvalue weighted by atomic mass is 10.0. The second-order valence-corrected chi connectivity index (χ2v) is 5.18. The van der Waals surface area contributed by atoms with E-state index in [1.54, 1.807) is 14.2 Å². The Morgan fingerprint density at radius 3 is 2.50 bits per heavy atom. The van der Waals surface area contributed by atoms with E-state index in [1.165, 1.54) is 24.0 Å². The van der Waals surface area contributed by atoms with Crippen LogP contribution in [0.15, 0.2) is 12.1 Å². The molecule has 16 heavy (non-hydrogen) atoms. The van der Waals surface area contributed by atoms with Crippen LogP contribution in [0, 0.1) is 0 Å². The van der Waals surface area contributed by atoms with Crippen molar-refractivity contribution in [2.24, 2.45) is 0 Å². The van der Waals surface area contributed by atoms with Gasteiger partial charge in [0.15, 0.2) is 0 Å². The van der Waals surface area contributed by atoms with Crippen molar-refractivity contribution >= 4 is 15.9 Å². The summed E-state index contributed by atoms with van der Waals surface area (Å²) < 4.78 is 10.9. The highest BCUT2D eigenvalue weighted by Gasteiger charge is 2.23. The van der Waals surface area contributed by atoms with Gasteiger partial charge in [-0.3, -0.25) is 0 Å². The van der Waals surface area contributed by atoms with Crippen molar-refractivity contribution < 1.29 is 9.47 Å². The van der Waals surface area contributed by atoms with Gasteiger partial charge in [-0.2, -0.15) is 0 Å². The summed E-state index contributed by atoms with van der Waals surface area (Å²) in [6.45, 7) is 0. The number of ether oxygens (including phenoxy) is 2. The summed E-state index contributed by atoms with van der Waals surface area (Å²) in [5.41, 5.74) is 2.58. The van der Waals surface area contributed by atoms with Gasteiger partial charge in [0.2, 0.25) is 0 Å². The van der Waals surface area contributed by atoms with Crippen molar-refractivity contribution in [3.63, 3.8) is 0 Å². The molecule has 0 aromatic heterocycles. The number of rotatable bonds is 2. The molecule has 1 aromatic rings. The fraction of sp³-hybridized carbons (Fsp3) is 0.538. The van der Waals surface area contributed by atoms with Crippen LogP contribution in [0.25, 0.3) is 0 Å². The van der Waals surface area contributed by atoms with Gasteiger partial charge >= 0.3 is 0 Å². The van der Waals surface area contributed by atoms with Crippen LogP contribution < -0.4 is 9.47 Å². The van der Waals surface area contributed by atoms with Crippen molar-refractivity contribution in [3.8, 4) is 11.5 Å². The number of hydrogen-bond acceptors (Lipinski definition) is 2. The van der Waals surface area contributed by atoms with Crippen LogP contribution in [0.2, 0.25) is 0 Å². The molecule has 0 saturated heterocycles. The fourth-order valence-corrected chi connectivity index (χ4v) is 3.19. The zero-order chi connectivity index (χ0) is 11.5. The third kappa shape index (κ3) is 2.05. The Morgan fingerprint density at radius 2 is 1.81 bits per heavy atom. The van der Waals surface area contributed by atoms with E-state index in [4.69, 9.17) is 9.47 Å². The topological polar surface area (TPSA) is 18.5 Å². The molecule has 2 rings (SSSR count). The summed E-state index contributed by atoms with van der Waals surface area (Å²) in [4.78, 5) is 0.384. The summed E-state index contributed by atoms with van der Waals surface area (Å²) in [5.74, 6) is 1.96. The number of benzene rings is 1. The summed E-state index contributed by atoms with van der Waals surface area (Å²) in [6.07, 6.45) is 4.71. The molecule has 1 atom stereocenters. The standard InChI is InChI=1S/C13H17BrO2/c1-15-11-7-8-12(16-2)13-9(11)5-3-4-6-10(13)14/h7-8,10H,3-6H2,1-2H3. The molecule has 0 aliphatic heterocycles. The van der Waals surface area contributed by atoms with Crippen LogP contribution in [0.4, 0.5) is 0 Å². The molecule has 1 aliphatic rings. The monoisotopic (exact) mass is 284 g/mol. The molecule has 0 amide bonds.